The molecule has 0 bridgehead atoms. The number of carboxylic acids is 1. The second kappa shape index (κ2) is 11.3. The van der Waals surface area contributed by atoms with E-state index in [9.17, 15) is 23.1 Å². The Bertz CT molecular complexity index is 1740. The summed E-state index contributed by atoms with van der Waals surface area (Å²) in [6.07, 6.45) is 2.94. The molecule has 42 heavy (non-hydrogen) atoms. The number of ether oxygens (including phenoxy) is 2. The van der Waals surface area contributed by atoms with Gasteiger partial charge in [0.05, 0.1) is 28.0 Å². The molecule has 1 unspecified atom stereocenters. The molecule has 9 nitrogen and oxygen atoms in total. The van der Waals surface area contributed by atoms with Crippen molar-refractivity contribution in [1.29, 1.82) is 0 Å². The number of hydrogen-bond acceptors (Lipinski definition) is 8. The fraction of sp³-hybridized carbons (Fsp3) is 0.258. The van der Waals surface area contributed by atoms with E-state index < -0.39 is 27.8 Å². The number of carbonyl (C=O) groups is 2. The summed E-state index contributed by atoms with van der Waals surface area (Å²) in [4.78, 5) is 29.4. The molecule has 6 rings (SSSR count). The molecule has 1 heterocycles. The van der Waals surface area contributed by atoms with Gasteiger partial charge in [-0.25, -0.2) is 18.2 Å². The smallest absolute Gasteiger partial charge is 0.335 e. The lowest BCUT2D eigenvalue weighted by molar-refractivity contribution is -0.131. The number of thiazole rings is 1. The van der Waals surface area contributed by atoms with Crippen LogP contribution in [0.2, 0.25) is 0 Å². The standard InChI is InChI=1S/C31H28N2O7S2/c1-18-14-22(8-13-26(18)30(35)36)39-27-17-32-31(41-27)33-29(34)28(40-23-15-20-4-2-3-5-21(20)16-23)19-6-9-24(10-7-19)42(37,38)25-11-12-25/h2-10,13-14,17,23,25,28H,11-12,15-16H2,1H3,(H,35,36)(H,32,33,34). The van der Waals surface area contributed by atoms with Crippen LogP contribution in [0.1, 0.15) is 51.6 Å². The van der Waals surface area contributed by atoms with E-state index in [-0.39, 0.29) is 21.8 Å². The van der Waals surface area contributed by atoms with E-state index in [0.29, 0.717) is 52.8 Å². The highest BCUT2D eigenvalue weighted by atomic mass is 32.2. The van der Waals surface area contributed by atoms with Crippen molar-refractivity contribution in [1.82, 2.24) is 4.98 Å². The summed E-state index contributed by atoms with van der Waals surface area (Å²) in [6.45, 7) is 1.69. The van der Waals surface area contributed by atoms with Crippen LogP contribution in [0.5, 0.6) is 10.8 Å². The van der Waals surface area contributed by atoms with Crippen molar-refractivity contribution in [3.05, 3.63) is 101 Å². The summed E-state index contributed by atoms with van der Waals surface area (Å²) < 4.78 is 37.6. The predicted octanol–water partition coefficient (Wildman–Crippen LogP) is 5.74. The molecule has 1 atom stereocenters. The lowest BCUT2D eigenvalue weighted by Crippen LogP contribution is -2.28. The second-order valence-corrected chi connectivity index (χ2v) is 13.7. The molecule has 2 N–H and O–H groups in total. The molecule has 3 aromatic carbocycles. The summed E-state index contributed by atoms with van der Waals surface area (Å²) in [7, 11) is -3.36. The van der Waals surface area contributed by atoms with Gasteiger partial charge in [0.2, 0.25) is 5.06 Å². The molecule has 4 aromatic rings. The minimum absolute atomic E-state index is 0.189. The summed E-state index contributed by atoms with van der Waals surface area (Å²) in [6, 6.07) is 19.1. The first-order valence-corrected chi connectivity index (χ1v) is 15.9. The number of amides is 1. The molecule has 2 aliphatic carbocycles. The van der Waals surface area contributed by atoms with Gasteiger partial charge < -0.3 is 14.6 Å². The Balaban J connectivity index is 1.19. The Labute approximate surface area is 247 Å². The number of benzene rings is 3. The zero-order valence-corrected chi connectivity index (χ0v) is 24.3. The van der Waals surface area contributed by atoms with E-state index >= 15 is 0 Å². The molecule has 216 valence electrons. The number of hydrogen-bond donors (Lipinski definition) is 2. The largest absolute Gasteiger partial charge is 0.478 e. The number of aromatic nitrogens is 1. The van der Waals surface area contributed by atoms with Crippen molar-refractivity contribution in [3.8, 4) is 10.8 Å². The minimum atomic E-state index is -3.36. The van der Waals surface area contributed by atoms with Gasteiger partial charge in [0.15, 0.2) is 21.1 Å². The third-order valence-corrected chi connectivity index (χ3v) is 10.5. The zero-order valence-electron chi connectivity index (χ0n) is 22.6. The van der Waals surface area contributed by atoms with Crippen LogP contribution in [0.3, 0.4) is 0 Å². The van der Waals surface area contributed by atoms with E-state index in [2.05, 4.69) is 22.4 Å². The maximum Gasteiger partial charge on any atom is 0.335 e. The fourth-order valence-electron chi connectivity index (χ4n) is 5.09. The number of aromatic carboxylic acids is 1. The molecule has 0 spiro atoms. The molecule has 1 amide bonds. The molecule has 1 aromatic heterocycles. The van der Waals surface area contributed by atoms with Crippen LogP contribution in [0.4, 0.5) is 5.13 Å². The molecule has 0 aliphatic heterocycles. The van der Waals surface area contributed by atoms with Gasteiger partial charge in [-0.15, -0.1) is 0 Å². The molecule has 0 radical (unpaired) electrons. The third kappa shape index (κ3) is 5.94. The van der Waals surface area contributed by atoms with Gasteiger partial charge in [0.25, 0.3) is 5.91 Å². The van der Waals surface area contributed by atoms with Crippen molar-refractivity contribution in [3.63, 3.8) is 0 Å². The first-order valence-electron chi connectivity index (χ1n) is 13.5. The van der Waals surface area contributed by atoms with Crippen molar-refractivity contribution >= 4 is 38.2 Å². The van der Waals surface area contributed by atoms with Crippen LogP contribution < -0.4 is 10.1 Å². The monoisotopic (exact) mass is 604 g/mol. The third-order valence-electron chi connectivity index (χ3n) is 7.42. The molecule has 1 fully saturated rings. The van der Waals surface area contributed by atoms with Crippen molar-refractivity contribution in [2.24, 2.45) is 0 Å². The lowest BCUT2D eigenvalue weighted by atomic mass is 10.1. The maximum atomic E-state index is 13.6. The second-order valence-electron chi connectivity index (χ2n) is 10.5. The minimum Gasteiger partial charge on any atom is -0.478 e. The Morgan fingerprint density at radius 3 is 2.33 bits per heavy atom. The van der Waals surface area contributed by atoms with Gasteiger partial charge in [-0.1, -0.05) is 47.7 Å². The van der Waals surface area contributed by atoms with Crippen LogP contribution in [0, 0.1) is 6.92 Å². The summed E-state index contributed by atoms with van der Waals surface area (Å²) >= 11 is 1.12. The summed E-state index contributed by atoms with van der Waals surface area (Å²) in [5, 5.41) is 12.4. The van der Waals surface area contributed by atoms with Gasteiger partial charge in [0, 0.05) is 0 Å². The van der Waals surface area contributed by atoms with Gasteiger partial charge in [-0.2, -0.15) is 0 Å². The first kappa shape index (κ1) is 28.1. The van der Waals surface area contributed by atoms with E-state index in [0.717, 1.165) is 11.3 Å². The predicted molar refractivity (Wildman–Crippen MR) is 157 cm³/mol. The van der Waals surface area contributed by atoms with Crippen molar-refractivity contribution in [2.75, 3.05) is 5.32 Å². The van der Waals surface area contributed by atoms with E-state index in [4.69, 9.17) is 9.47 Å². The van der Waals surface area contributed by atoms with Gasteiger partial charge >= 0.3 is 5.97 Å². The fourth-order valence-corrected chi connectivity index (χ4v) is 7.44. The Morgan fingerprint density at radius 1 is 1.02 bits per heavy atom. The van der Waals surface area contributed by atoms with E-state index in [1.807, 2.05) is 12.1 Å². The molecular formula is C31H28N2O7S2. The molecule has 11 heteroatoms. The normalized spacial score (nSPS) is 15.6. The Hall–Kier alpha value is -4.06. The number of nitrogens with zero attached hydrogens (tertiary/aromatic N) is 1. The average Bonchev–Trinajstić information content (AvgIpc) is 3.62. The van der Waals surface area contributed by atoms with Gasteiger partial charge in [-0.3, -0.25) is 10.1 Å². The van der Waals surface area contributed by atoms with Crippen LogP contribution in [0.15, 0.2) is 77.8 Å². The molecule has 2 aliphatic rings. The number of sulfone groups is 1. The first-order chi connectivity index (χ1) is 20.2. The SMILES string of the molecule is Cc1cc(Oc2cnc(NC(=O)C(OC3Cc4ccccc4C3)c3ccc(S(=O)(=O)C4CC4)cc3)s2)ccc1C(=O)O. The number of anilines is 1. The molecule has 0 saturated heterocycles. The zero-order chi connectivity index (χ0) is 29.4. The Morgan fingerprint density at radius 2 is 1.71 bits per heavy atom. The number of carbonyl (C=O) groups excluding carboxylic acids is 1. The van der Waals surface area contributed by atoms with Crippen LogP contribution in [0.25, 0.3) is 0 Å². The Kier molecular flexibility index (Phi) is 7.56. The highest BCUT2D eigenvalue weighted by Gasteiger charge is 2.37. The van der Waals surface area contributed by atoms with E-state index in [1.165, 1.54) is 23.4 Å². The van der Waals surface area contributed by atoms with Crippen LogP contribution in [-0.4, -0.2) is 41.7 Å². The number of fused-ring (bicyclic) bond motifs is 1. The highest BCUT2D eigenvalue weighted by molar-refractivity contribution is 7.92. The van der Waals surface area contributed by atoms with Gasteiger partial charge in [0.1, 0.15) is 5.75 Å². The number of carboxylic acid groups (broad SMARTS) is 1. The van der Waals surface area contributed by atoms with Crippen LogP contribution in [-0.2, 0) is 32.2 Å². The topological polar surface area (TPSA) is 132 Å². The summed E-state index contributed by atoms with van der Waals surface area (Å²) in [5.74, 6) is -1.01. The number of rotatable bonds is 10. The maximum absolute atomic E-state index is 13.6. The van der Waals surface area contributed by atoms with Crippen LogP contribution >= 0.6 is 11.3 Å². The quantitative estimate of drug-likeness (QED) is 0.234. The van der Waals surface area contributed by atoms with Crippen molar-refractivity contribution in [2.45, 2.75) is 55.0 Å². The lowest BCUT2D eigenvalue weighted by Gasteiger charge is -2.22. The average molecular weight is 605 g/mol. The van der Waals surface area contributed by atoms with Gasteiger partial charge in [-0.05, 0) is 85.2 Å². The molecule has 1 saturated carbocycles. The number of aryl methyl sites for hydroxylation is 1. The summed E-state index contributed by atoms with van der Waals surface area (Å²) in [5.41, 5.74) is 3.65. The number of nitrogens with one attached hydrogen (secondary N) is 1. The van der Waals surface area contributed by atoms with Crippen molar-refractivity contribution < 1.29 is 32.6 Å². The molecular weight excluding hydrogens is 576 g/mol. The van der Waals surface area contributed by atoms with E-state index in [1.54, 1.807) is 43.3 Å². The highest BCUT2D eigenvalue weighted by Crippen LogP contribution is 2.36.